The molecule has 0 spiro atoms. The molecule has 1 saturated heterocycles. The fourth-order valence-corrected chi connectivity index (χ4v) is 4.40. The molecule has 0 radical (unpaired) electrons. The van der Waals surface area contributed by atoms with Crippen molar-refractivity contribution in [3.05, 3.63) is 17.5 Å². The van der Waals surface area contributed by atoms with Gasteiger partial charge in [0.05, 0.1) is 11.5 Å². The van der Waals surface area contributed by atoms with E-state index in [0.717, 1.165) is 23.6 Å². The van der Waals surface area contributed by atoms with Crippen LogP contribution < -0.4 is 5.32 Å². The van der Waals surface area contributed by atoms with Gasteiger partial charge in [-0.05, 0) is 25.3 Å². The van der Waals surface area contributed by atoms with Crippen molar-refractivity contribution in [2.75, 3.05) is 11.5 Å². The van der Waals surface area contributed by atoms with Gasteiger partial charge in [0, 0.05) is 17.7 Å². The van der Waals surface area contributed by atoms with Gasteiger partial charge in [0.1, 0.15) is 6.54 Å². The predicted molar refractivity (Wildman–Crippen MR) is 74.4 cm³/mol. The Morgan fingerprint density at radius 3 is 2.57 bits per heavy atom. The van der Waals surface area contributed by atoms with Gasteiger partial charge in [-0.15, -0.1) is 0 Å². The smallest absolute Gasteiger partial charge is 0.351 e. The summed E-state index contributed by atoms with van der Waals surface area (Å²) in [5.74, 6) is -0.615. The van der Waals surface area contributed by atoms with E-state index in [-0.39, 0.29) is 24.0 Å². The number of nitrogens with one attached hydrogen (secondary N) is 1. The van der Waals surface area contributed by atoms with Crippen molar-refractivity contribution in [1.29, 1.82) is 0 Å². The SMILES string of the molecule is O=C(Cn1nc(C(F)(F)F)cc1C1CC1)N[C@@H]1CCS(=O)(=O)C1. The van der Waals surface area contributed by atoms with E-state index in [1.165, 1.54) is 0 Å². The fraction of sp³-hybridized carbons (Fsp3) is 0.692. The number of nitrogens with zero attached hydrogens (tertiary/aromatic N) is 2. The average molecular weight is 351 g/mol. The molecule has 2 heterocycles. The summed E-state index contributed by atoms with van der Waals surface area (Å²) in [6.07, 6.45) is -2.65. The van der Waals surface area contributed by atoms with Crippen molar-refractivity contribution in [2.45, 2.75) is 43.9 Å². The highest BCUT2D eigenvalue weighted by atomic mass is 32.2. The van der Waals surface area contributed by atoms with E-state index in [9.17, 15) is 26.4 Å². The quantitative estimate of drug-likeness (QED) is 0.880. The minimum Gasteiger partial charge on any atom is -0.351 e. The van der Waals surface area contributed by atoms with Crippen molar-refractivity contribution < 1.29 is 26.4 Å². The van der Waals surface area contributed by atoms with Gasteiger partial charge in [0.15, 0.2) is 15.5 Å². The van der Waals surface area contributed by atoms with Gasteiger partial charge in [0.2, 0.25) is 5.91 Å². The number of rotatable bonds is 4. The molecule has 1 atom stereocenters. The molecule has 0 bridgehead atoms. The van der Waals surface area contributed by atoms with Gasteiger partial charge >= 0.3 is 6.18 Å². The molecule has 1 amide bonds. The Balaban J connectivity index is 1.69. The van der Waals surface area contributed by atoms with Gasteiger partial charge in [-0.3, -0.25) is 9.48 Å². The van der Waals surface area contributed by atoms with E-state index in [0.29, 0.717) is 12.1 Å². The first-order chi connectivity index (χ1) is 10.6. The van der Waals surface area contributed by atoms with Crippen LogP contribution in [-0.4, -0.2) is 41.7 Å². The Morgan fingerprint density at radius 1 is 1.35 bits per heavy atom. The lowest BCUT2D eigenvalue weighted by Gasteiger charge is -2.12. The lowest BCUT2D eigenvalue weighted by atomic mass is 10.2. The van der Waals surface area contributed by atoms with Crippen LogP contribution in [0.3, 0.4) is 0 Å². The van der Waals surface area contributed by atoms with Gasteiger partial charge in [-0.25, -0.2) is 8.42 Å². The zero-order chi connectivity index (χ0) is 16.8. The molecule has 128 valence electrons. The number of alkyl halides is 3. The number of carbonyl (C=O) groups excluding carboxylic acids is 1. The minimum absolute atomic E-state index is 0.0123. The van der Waals surface area contributed by atoms with Crippen LogP contribution in [0.2, 0.25) is 0 Å². The van der Waals surface area contributed by atoms with E-state index in [1.807, 2.05) is 0 Å². The van der Waals surface area contributed by atoms with Crippen LogP contribution in [0.25, 0.3) is 0 Å². The molecule has 1 aromatic heterocycles. The number of halogens is 3. The summed E-state index contributed by atoms with van der Waals surface area (Å²) < 4.78 is 62.1. The molecule has 2 aliphatic rings. The Labute approximate surface area is 131 Å². The van der Waals surface area contributed by atoms with Crippen LogP contribution >= 0.6 is 0 Å². The van der Waals surface area contributed by atoms with Crippen LogP contribution in [0.15, 0.2) is 6.07 Å². The summed E-state index contributed by atoms with van der Waals surface area (Å²) in [5.41, 5.74) is -0.595. The van der Waals surface area contributed by atoms with Crippen molar-refractivity contribution in [2.24, 2.45) is 0 Å². The van der Waals surface area contributed by atoms with Crippen LogP contribution in [-0.2, 0) is 27.4 Å². The third-order valence-corrected chi connectivity index (χ3v) is 5.76. The van der Waals surface area contributed by atoms with Gasteiger partial charge in [0.25, 0.3) is 0 Å². The number of amides is 1. The largest absolute Gasteiger partial charge is 0.435 e. The molecule has 0 aromatic carbocycles. The zero-order valence-corrected chi connectivity index (χ0v) is 13.0. The molecule has 3 rings (SSSR count). The Kier molecular flexibility index (Phi) is 3.89. The highest BCUT2D eigenvalue weighted by Crippen LogP contribution is 2.42. The Hall–Kier alpha value is -1.58. The maximum Gasteiger partial charge on any atom is 0.435 e. The number of aromatic nitrogens is 2. The maximum atomic E-state index is 12.8. The van der Waals surface area contributed by atoms with Gasteiger partial charge < -0.3 is 5.32 Å². The van der Waals surface area contributed by atoms with Crippen LogP contribution in [0, 0.1) is 0 Å². The highest BCUT2D eigenvalue weighted by molar-refractivity contribution is 7.91. The summed E-state index contributed by atoms with van der Waals surface area (Å²) in [7, 11) is -3.13. The highest BCUT2D eigenvalue weighted by Gasteiger charge is 2.38. The molecule has 2 fully saturated rings. The topological polar surface area (TPSA) is 81.1 Å². The molecule has 1 aliphatic carbocycles. The Bertz CT molecular complexity index is 723. The summed E-state index contributed by atoms with van der Waals surface area (Å²) in [6, 6.07) is 0.514. The maximum absolute atomic E-state index is 12.8. The van der Waals surface area contributed by atoms with Gasteiger partial charge in [-0.2, -0.15) is 18.3 Å². The first kappa shape index (κ1) is 16.3. The third-order valence-electron chi connectivity index (χ3n) is 3.99. The van der Waals surface area contributed by atoms with E-state index in [1.54, 1.807) is 0 Å². The molecule has 1 N–H and O–H groups in total. The summed E-state index contributed by atoms with van der Waals surface area (Å²) in [4.78, 5) is 12.0. The zero-order valence-electron chi connectivity index (χ0n) is 12.1. The molecule has 1 aromatic rings. The lowest BCUT2D eigenvalue weighted by molar-refractivity contribution is -0.141. The van der Waals surface area contributed by atoms with Crippen molar-refractivity contribution in [3.63, 3.8) is 0 Å². The molecule has 6 nitrogen and oxygen atoms in total. The number of sulfone groups is 1. The molecule has 23 heavy (non-hydrogen) atoms. The molecule has 1 aliphatic heterocycles. The number of carbonyl (C=O) groups is 1. The van der Waals surface area contributed by atoms with E-state index >= 15 is 0 Å². The second-order valence-corrected chi connectivity index (χ2v) is 8.28. The second-order valence-electron chi connectivity index (χ2n) is 6.05. The fourth-order valence-electron chi connectivity index (χ4n) is 2.72. The second kappa shape index (κ2) is 5.50. The number of hydrogen-bond acceptors (Lipinski definition) is 4. The van der Waals surface area contributed by atoms with Gasteiger partial charge in [-0.1, -0.05) is 0 Å². The van der Waals surface area contributed by atoms with E-state index < -0.39 is 33.7 Å². The first-order valence-corrected chi connectivity index (χ1v) is 9.11. The van der Waals surface area contributed by atoms with Crippen molar-refractivity contribution in [3.8, 4) is 0 Å². The molecular weight excluding hydrogens is 335 g/mol. The third kappa shape index (κ3) is 3.85. The molecule has 0 unspecified atom stereocenters. The number of hydrogen-bond donors (Lipinski definition) is 1. The van der Waals surface area contributed by atoms with E-state index in [4.69, 9.17) is 0 Å². The van der Waals surface area contributed by atoms with Crippen molar-refractivity contribution in [1.82, 2.24) is 15.1 Å². The lowest BCUT2D eigenvalue weighted by Crippen LogP contribution is -2.38. The summed E-state index contributed by atoms with van der Waals surface area (Å²) in [5, 5.41) is 6.06. The molecule has 1 saturated carbocycles. The van der Waals surface area contributed by atoms with Crippen molar-refractivity contribution >= 4 is 15.7 Å². The summed E-state index contributed by atoms with van der Waals surface area (Å²) in [6.45, 7) is -0.335. The van der Waals surface area contributed by atoms with Crippen LogP contribution in [0.1, 0.15) is 36.6 Å². The van der Waals surface area contributed by atoms with Crippen LogP contribution in [0.5, 0.6) is 0 Å². The monoisotopic (exact) mass is 351 g/mol. The van der Waals surface area contributed by atoms with Crippen LogP contribution in [0.4, 0.5) is 13.2 Å². The molecule has 10 heteroatoms. The first-order valence-electron chi connectivity index (χ1n) is 7.29. The standard InChI is InChI=1S/C13H16F3N3O3S/c14-13(15,16)11-5-10(8-1-2-8)19(18-11)6-12(20)17-9-3-4-23(21,22)7-9/h5,8-9H,1-4,6-7H2,(H,17,20)/t9-/m1/s1. The predicted octanol–water partition coefficient (Wildman–Crippen LogP) is 1.08. The molecular formula is C13H16F3N3O3S. The summed E-state index contributed by atoms with van der Waals surface area (Å²) >= 11 is 0. The minimum atomic E-state index is -4.55. The Morgan fingerprint density at radius 2 is 2.04 bits per heavy atom. The van der Waals surface area contributed by atoms with E-state index in [2.05, 4.69) is 10.4 Å². The average Bonchev–Trinajstić information content (AvgIpc) is 3.07. The normalized spacial score (nSPS) is 23.9.